The van der Waals surface area contributed by atoms with Crippen molar-refractivity contribution >= 4 is 47.8 Å². The number of phenolic OH excluding ortho intramolecular Hbond substituents is 2. The van der Waals surface area contributed by atoms with E-state index in [1.54, 1.807) is 36.4 Å². The van der Waals surface area contributed by atoms with Crippen LogP contribution in [-0.4, -0.2) is 28.2 Å². The van der Waals surface area contributed by atoms with E-state index in [0.29, 0.717) is 21.1 Å². The van der Waals surface area contributed by atoms with Crippen LogP contribution < -0.4 is 10.4 Å². The van der Waals surface area contributed by atoms with Gasteiger partial charge in [-0.1, -0.05) is 36.4 Å². The summed E-state index contributed by atoms with van der Waals surface area (Å²) in [6.07, 6.45) is 0. The second-order valence-electron chi connectivity index (χ2n) is 7.74. The molecule has 0 spiro atoms. The largest absolute Gasteiger partial charge is 0.507 e. The van der Waals surface area contributed by atoms with Gasteiger partial charge in [0.2, 0.25) is 10.0 Å². The first-order chi connectivity index (χ1) is 16.2. The Bertz CT molecular complexity index is 1740. The summed E-state index contributed by atoms with van der Waals surface area (Å²) in [5, 5.41) is 21.8. The Labute approximate surface area is 202 Å². The van der Waals surface area contributed by atoms with Crippen molar-refractivity contribution in [2.75, 3.05) is 0 Å². The zero-order valence-electron chi connectivity index (χ0n) is 17.5. The number of aromatic hydroxyl groups is 2. The maximum atomic E-state index is 12.8. The number of fused-ring (bicyclic) bond motifs is 2. The third-order valence-electron chi connectivity index (χ3n) is 5.53. The van der Waals surface area contributed by atoms with Gasteiger partial charge >= 0.3 is 5.69 Å². The molecule has 0 fully saturated rings. The number of aromatic amines is 1. The van der Waals surface area contributed by atoms with Crippen molar-refractivity contribution in [1.29, 1.82) is 0 Å². The van der Waals surface area contributed by atoms with Gasteiger partial charge in [0.1, 0.15) is 11.5 Å². The fraction of sp³-hybridized carbons (Fsp3) is 0.0417. The van der Waals surface area contributed by atoms with Crippen molar-refractivity contribution in [2.24, 2.45) is 0 Å². The quantitative estimate of drug-likeness (QED) is 0.267. The number of H-pyrrole nitrogens is 1. The molecule has 0 saturated carbocycles. The van der Waals surface area contributed by atoms with Crippen LogP contribution in [0.25, 0.3) is 27.5 Å². The minimum atomic E-state index is -3.75. The lowest BCUT2D eigenvalue weighted by atomic mass is 10.1. The zero-order valence-corrected chi connectivity index (χ0v) is 19.9. The van der Waals surface area contributed by atoms with Crippen LogP contribution >= 0.6 is 15.9 Å². The molecule has 0 unspecified atom stereocenters. The first-order valence-electron chi connectivity index (χ1n) is 10.2. The Morgan fingerprint density at radius 2 is 1.68 bits per heavy atom. The van der Waals surface area contributed by atoms with Crippen LogP contribution in [0.3, 0.4) is 0 Å². The molecule has 5 rings (SSSR count). The van der Waals surface area contributed by atoms with Crippen molar-refractivity contribution < 1.29 is 18.6 Å². The summed E-state index contributed by atoms with van der Waals surface area (Å²) in [6, 6.07) is 20.1. The number of phenols is 2. The Hall–Kier alpha value is -3.60. The number of hydrogen-bond donors (Lipinski definition) is 4. The Kier molecular flexibility index (Phi) is 5.43. The average molecular weight is 540 g/mol. The number of imidazole rings is 1. The fourth-order valence-corrected chi connectivity index (χ4v) is 5.21. The van der Waals surface area contributed by atoms with E-state index >= 15 is 0 Å². The molecule has 1 heterocycles. The lowest BCUT2D eigenvalue weighted by molar-refractivity contribution is 0.446. The van der Waals surface area contributed by atoms with E-state index in [1.165, 1.54) is 10.6 Å². The topological polar surface area (TPSA) is 124 Å². The summed E-state index contributed by atoms with van der Waals surface area (Å²) in [6.45, 7) is 0.0221. The summed E-state index contributed by atoms with van der Waals surface area (Å²) in [5.41, 5.74) is 1.29. The maximum absolute atomic E-state index is 12.8. The molecule has 4 aromatic carbocycles. The van der Waals surface area contributed by atoms with Crippen molar-refractivity contribution in [3.05, 3.63) is 93.3 Å². The molecule has 0 bridgehead atoms. The predicted molar refractivity (Wildman–Crippen MR) is 133 cm³/mol. The molecule has 0 amide bonds. The Morgan fingerprint density at radius 3 is 2.47 bits per heavy atom. The van der Waals surface area contributed by atoms with Gasteiger partial charge in [0.05, 0.1) is 26.1 Å². The molecule has 34 heavy (non-hydrogen) atoms. The Balaban J connectivity index is 1.44. The summed E-state index contributed by atoms with van der Waals surface area (Å²) >= 11 is 3.19. The van der Waals surface area contributed by atoms with Crippen molar-refractivity contribution in [3.63, 3.8) is 0 Å². The number of nitrogens with zero attached hydrogens (tertiary/aromatic N) is 1. The third-order valence-corrected chi connectivity index (χ3v) is 7.56. The van der Waals surface area contributed by atoms with Crippen LogP contribution in [0.4, 0.5) is 0 Å². The van der Waals surface area contributed by atoms with Crippen molar-refractivity contribution in [2.45, 2.75) is 11.4 Å². The van der Waals surface area contributed by atoms with Crippen LogP contribution in [0.1, 0.15) is 5.56 Å². The van der Waals surface area contributed by atoms with Crippen molar-refractivity contribution in [3.8, 4) is 17.2 Å². The summed E-state index contributed by atoms with van der Waals surface area (Å²) in [7, 11) is -3.75. The van der Waals surface area contributed by atoms with Crippen molar-refractivity contribution in [1.82, 2.24) is 14.3 Å². The van der Waals surface area contributed by atoms with Crippen LogP contribution in [-0.2, 0) is 16.6 Å². The highest BCUT2D eigenvalue weighted by atomic mass is 79.9. The zero-order chi connectivity index (χ0) is 24.0. The summed E-state index contributed by atoms with van der Waals surface area (Å²) in [5.74, 6) is -0.425. The van der Waals surface area contributed by atoms with Gasteiger partial charge in [-0.3, -0.25) is 4.57 Å². The van der Waals surface area contributed by atoms with Gasteiger partial charge in [-0.2, -0.15) is 0 Å². The second kappa shape index (κ2) is 8.32. The smallest absolute Gasteiger partial charge is 0.331 e. The number of rotatable bonds is 5. The van der Waals surface area contributed by atoms with Gasteiger partial charge in [-0.05, 0) is 62.6 Å². The normalized spacial score (nSPS) is 11.9. The summed E-state index contributed by atoms with van der Waals surface area (Å²) < 4.78 is 29.8. The molecule has 0 saturated heterocycles. The average Bonchev–Trinajstić information content (AvgIpc) is 3.14. The molecule has 0 aliphatic rings. The van der Waals surface area contributed by atoms with Crippen LogP contribution in [0.5, 0.6) is 11.5 Å². The van der Waals surface area contributed by atoms with E-state index in [4.69, 9.17) is 0 Å². The molecule has 0 atom stereocenters. The molecule has 5 aromatic rings. The second-order valence-corrected chi connectivity index (χ2v) is 10.4. The fourth-order valence-electron chi connectivity index (χ4n) is 3.82. The van der Waals surface area contributed by atoms with Gasteiger partial charge in [0, 0.05) is 12.6 Å². The first kappa shape index (κ1) is 22.2. The minimum absolute atomic E-state index is 0.0221. The Morgan fingerprint density at radius 1 is 0.912 bits per heavy atom. The molecule has 0 aliphatic carbocycles. The number of sulfonamides is 1. The molecular formula is C24H18BrN3O5S. The monoisotopic (exact) mass is 539 g/mol. The van der Waals surface area contributed by atoms with Crippen LogP contribution in [0.15, 0.2) is 87.0 Å². The van der Waals surface area contributed by atoms with Gasteiger partial charge < -0.3 is 15.2 Å². The van der Waals surface area contributed by atoms with Crippen LogP contribution in [0.2, 0.25) is 0 Å². The van der Waals surface area contributed by atoms with Crippen LogP contribution in [0, 0.1) is 0 Å². The molecule has 0 aliphatic heterocycles. The van der Waals surface area contributed by atoms with E-state index in [-0.39, 0.29) is 28.6 Å². The SMILES string of the molecule is O=c1[nH]c2cc(CNS(=O)(=O)c3ccc4ccccc4c3)ccc2n1-c1cc(Br)c(O)cc1O. The molecule has 172 valence electrons. The highest BCUT2D eigenvalue weighted by molar-refractivity contribution is 9.10. The van der Waals surface area contributed by atoms with E-state index in [1.807, 2.05) is 24.3 Å². The highest BCUT2D eigenvalue weighted by Crippen LogP contribution is 2.34. The molecule has 10 heteroatoms. The van der Waals surface area contributed by atoms with E-state index < -0.39 is 15.7 Å². The van der Waals surface area contributed by atoms with Gasteiger partial charge in [0.15, 0.2) is 0 Å². The third kappa shape index (κ3) is 3.96. The molecule has 1 aromatic heterocycles. The van der Waals surface area contributed by atoms with E-state index in [2.05, 4.69) is 25.6 Å². The standard InChI is InChI=1S/C24H18BrN3O5S/c25-18-11-21(23(30)12-22(18)29)28-20-8-5-14(9-19(20)27-24(28)31)13-26-34(32,33)17-7-6-15-3-1-2-4-16(15)10-17/h1-12,26,29-30H,13H2,(H,27,31). The first-order valence-corrected chi connectivity index (χ1v) is 12.4. The number of benzene rings is 4. The van der Waals surface area contributed by atoms with Gasteiger partial charge in [0.25, 0.3) is 0 Å². The molecule has 4 N–H and O–H groups in total. The molecule has 8 nitrogen and oxygen atoms in total. The number of hydrogen-bond acceptors (Lipinski definition) is 5. The van der Waals surface area contributed by atoms with Gasteiger partial charge in [-0.15, -0.1) is 0 Å². The lowest BCUT2D eigenvalue weighted by Gasteiger charge is -2.10. The number of aromatic nitrogens is 2. The molecule has 0 radical (unpaired) electrons. The van der Waals surface area contributed by atoms with Gasteiger partial charge in [-0.25, -0.2) is 17.9 Å². The maximum Gasteiger partial charge on any atom is 0.331 e. The van der Waals surface area contributed by atoms with E-state index in [9.17, 15) is 23.4 Å². The number of halogens is 1. The van der Waals surface area contributed by atoms with E-state index in [0.717, 1.165) is 16.8 Å². The lowest BCUT2D eigenvalue weighted by Crippen LogP contribution is -2.23. The minimum Gasteiger partial charge on any atom is -0.507 e. The predicted octanol–water partition coefficient (Wildman–Crippen LogP) is 4.12. The number of nitrogens with one attached hydrogen (secondary N) is 2. The highest BCUT2D eigenvalue weighted by Gasteiger charge is 2.17. The summed E-state index contributed by atoms with van der Waals surface area (Å²) in [4.78, 5) is 15.5. The molecular weight excluding hydrogens is 522 g/mol.